The van der Waals surface area contributed by atoms with Crippen LogP contribution in [0.25, 0.3) is 0 Å². The van der Waals surface area contributed by atoms with Crippen molar-refractivity contribution in [3.05, 3.63) is 45.8 Å². The van der Waals surface area contributed by atoms with E-state index in [1.165, 1.54) is 28.4 Å². The topological polar surface area (TPSA) is 98.2 Å². The van der Waals surface area contributed by atoms with Gasteiger partial charge in [-0.1, -0.05) is 49.0 Å². The highest BCUT2D eigenvalue weighted by Crippen LogP contribution is 2.55. The summed E-state index contributed by atoms with van der Waals surface area (Å²) in [6.07, 6.45) is 0.555. The summed E-state index contributed by atoms with van der Waals surface area (Å²) in [4.78, 5) is 40.2. The number of thioether (sulfide) groups is 2. The first-order valence-corrected chi connectivity index (χ1v) is 11.8. The molecule has 1 aromatic rings. The van der Waals surface area contributed by atoms with E-state index < -0.39 is 18.0 Å². The van der Waals surface area contributed by atoms with Crippen LogP contribution in [-0.4, -0.2) is 74.0 Å². The van der Waals surface area contributed by atoms with E-state index in [1.54, 1.807) is 0 Å². The van der Waals surface area contributed by atoms with Gasteiger partial charge in [0.15, 0.2) is 11.5 Å². The van der Waals surface area contributed by atoms with E-state index in [2.05, 4.69) is 4.90 Å². The Kier molecular flexibility index (Phi) is 6.24. The number of rotatable bonds is 8. The highest BCUT2D eigenvalue weighted by atomic mass is 32.2. The summed E-state index contributed by atoms with van der Waals surface area (Å²) < 4.78 is 0.632. The number of hydrogen-bond donors (Lipinski definition) is 2. The van der Waals surface area contributed by atoms with Crippen molar-refractivity contribution in [3.8, 4) is 0 Å². The molecule has 3 aliphatic rings. The molecule has 0 aromatic heterocycles. The van der Waals surface area contributed by atoms with Crippen molar-refractivity contribution < 1.29 is 24.6 Å². The molecular formula is C21H24N2O5S2. The molecular weight excluding hydrogens is 424 g/mol. The number of carboxylic acid groups (broad SMARTS) is 1. The first-order valence-electron chi connectivity index (χ1n) is 10.0. The number of likely N-dealkylation sites (tertiary alicyclic amines) is 1. The molecule has 4 atom stereocenters. The second-order valence-electron chi connectivity index (χ2n) is 7.71. The van der Waals surface area contributed by atoms with Gasteiger partial charge in [0.2, 0.25) is 5.91 Å². The Labute approximate surface area is 183 Å². The van der Waals surface area contributed by atoms with Crippen LogP contribution in [0.3, 0.4) is 0 Å². The number of Topliss-reactive ketones (excluding diaryl/α,β-unsaturated/α-hetero) is 1. The predicted octanol–water partition coefficient (Wildman–Crippen LogP) is 2.23. The Morgan fingerprint density at radius 3 is 2.70 bits per heavy atom. The minimum absolute atomic E-state index is 0.0402. The van der Waals surface area contributed by atoms with Gasteiger partial charge in [-0.05, 0) is 19.4 Å². The standard InChI is InChI=1S/C21H24N2O5S2/c1-2-14(24)16-18(26)23-17(20(27)28)21(30-19(16)23)29-13-8-9-22(10-13)11-15(25)12-6-4-3-5-7-12/h3-7,13-14,16,19,24H,2,8-11H2,1H3,(H,27,28)/t13-,14+,16-,19-/m1/s1. The zero-order valence-electron chi connectivity index (χ0n) is 16.6. The number of nitrogens with zero attached hydrogens (tertiary/aromatic N) is 2. The number of aliphatic hydroxyl groups is 1. The van der Waals surface area contributed by atoms with Crippen LogP contribution in [0.2, 0.25) is 0 Å². The number of hydrogen-bond acceptors (Lipinski definition) is 7. The molecule has 0 bridgehead atoms. The molecule has 0 saturated carbocycles. The highest BCUT2D eigenvalue weighted by molar-refractivity contribution is 8.23. The number of aliphatic carboxylic acids is 1. The van der Waals surface area contributed by atoms with E-state index >= 15 is 0 Å². The average Bonchev–Trinajstić information content (AvgIpc) is 3.31. The fourth-order valence-corrected chi connectivity index (χ4v) is 7.41. The van der Waals surface area contributed by atoms with Gasteiger partial charge in [-0.3, -0.25) is 19.4 Å². The van der Waals surface area contributed by atoms with Crippen molar-refractivity contribution in [1.29, 1.82) is 0 Å². The average molecular weight is 449 g/mol. The second kappa shape index (κ2) is 8.74. The molecule has 9 heteroatoms. The van der Waals surface area contributed by atoms with Crippen molar-refractivity contribution in [2.24, 2.45) is 5.92 Å². The van der Waals surface area contributed by atoms with Gasteiger partial charge in [0.25, 0.3) is 0 Å². The zero-order chi connectivity index (χ0) is 21.4. The third kappa shape index (κ3) is 3.91. The van der Waals surface area contributed by atoms with Gasteiger partial charge in [-0.2, -0.15) is 0 Å². The van der Waals surface area contributed by atoms with E-state index in [4.69, 9.17) is 0 Å². The molecule has 0 radical (unpaired) electrons. The predicted molar refractivity (Wildman–Crippen MR) is 116 cm³/mol. The summed E-state index contributed by atoms with van der Waals surface area (Å²) in [5.74, 6) is -1.89. The fourth-order valence-electron chi connectivity index (χ4n) is 4.10. The van der Waals surface area contributed by atoms with Gasteiger partial charge < -0.3 is 10.2 Å². The lowest BCUT2D eigenvalue weighted by atomic mass is 9.90. The molecule has 0 spiro atoms. The number of β-lactam (4-membered cyclic amide) rings is 1. The SMILES string of the molecule is CC[C@H](O)[C@@H]1C(=O)N2C(C(=O)O)=C(S[C@@H]3CCN(CC(=O)c4ccccc4)C3)S[C@H]12. The molecule has 3 aliphatic heterocycles. The molecule has 160 valence electrons. The van der Waals surface area contributed by atoms with Crippen molar-refractivity contribution in [1.82, 2.24) is 9.80 Å². The molecule has 2 saturated heterocycles. The Balaban J connectivity index is 1.39. The molecule has 30 heavy (non-hydrogen) atoms. The Bertz CT molecular complexity index is 891. The third-order valence-corrected chi connectivity index (χ3v) is 8.60. The zero-order valence-corrected chi connectivity index (χ0v) is 18.2. The summed E-state index contributed by atoms with van der Waals surface area (Å²) in [6, 6.07) is 9.20. The quantitative estimate of drug-likeness (QED) is 0.462. The number of ketones is 1. The summed E-state index contributed by atoms with van der Waals surface area (Å²) in [7, 11) is 0. The maximum atomic E-state index is 12.4. The smallest absolute Gasteiger partial charge is 0.354 e. The molecule has 0 unspecified atom stereocenters. The van der Waals surface area contributed by atoms with Gasteiger partial charge in [-0.25, -0.2) is 4.79 Å². The lowest BCUT2D eigenvalue weighted by Crippen LogP contribution is -2.61. The monoisotopic (exact) mass is 448 g/mol. The van der Waals surface area contributed by atoms with E-state index in [1.807, 2.05) is 37.3 Å². The molecule has 1 amide bonds. The number of carbonyl (C=O) groups excluding carboxylic acids is 2. The van der Waals surface area contributed by atoms with Crippen molar-refractivity contribution in [2.45, 2.75) is 36.5 Å². The van der Waals surface area contributed by atoms with Crippen LogP contribution in [0.15, 0.2) is 40.3 Å². The van der Waals surface area contributed by atoms with Crippen LogP contribution in [0.5, 0.6) is 0 Å². The van der Waals surface area contributed by atoms with Crippen LogP contribution in [0.4, 0.5) is 0 Å². The van der Waals surface area contributed by atoms with Crippen LogP contribution >= 0.6 is 23.5 Å². The molecule has 0 aliphatic carbocycles. The molecule has 4 rings (SSSR count). The van der Waals surface area contributed by atoms with Crippen LogP contribution in [0.1, 0.15) is 30.1 Å². The van der Waals surface area contributed by atoms with Crippen LogP contribution in [-0.2, 0) is 9.59 Å². The van der Waals surface area contributed by atoms with E-state index in [0.717, 1.165) is 13.0 Å². The number of benzene rings is 1. The summed E-state index contributed by atoms with van der Waals surface area (Å²) in [5, 5.41) is 19.6. The van der Waals surface area contributed by atoms with Crippen molar-refractivity contribution >= 4 is 41.2 Å². The Hall–Kier alpha value is -1.81. The van der Waals surface area contributed by atoms with E-state index in [9.17, 15) is 24.6 Å². The first kappa shape index (κ1) is 21.4. The van der Waals surface area contributed by atoms with Gasteiger partial charge in [0.05, 0.1) is 22.8 Å². The number of fused-ring (bicyclic) bond motifs is 1. The molecule has 2 N–H and O–H groups in total. The van der Waals surface area contributed by atoms with E-state index in [-0.39, 0.29) is 28.0 Å². The summed E-state index contributed by atoms with van der Waals surface area (Å²) in [5.41, 5.74) is 0.734. The highest BCUT2D eigenvalue weighted by Gasteiger charge is 2.58. The summed E-state index contributed by atoms with van der Waals surface area (Å²) >= 11 is 2.85. The van der Waals surface area contributed by atoms with Gasteiger partial charge in [0.1, 0.15) is 5.37 Å². The van der Waals surface area contributed by atoms with Gasteiger partial charge in [-0.15, -0.1) is 11.8 Å². The maximum absolute atomic E-state index is 12.4. The number of amides is 1. The lowest BCUT2D eigenvalue weighted by Gasteiger charge is -2.44. The normalized spacial score (nSPS) is 27.2. The molecule has 7 nitrogen and oxygen atoms in total. The van der Waals surface area contributed by atoms with Crippen molar-refractivity contribution in [2.75, 3.05) is 19.6 Å². The largest absolute Gasteiger partial charge is 0.477 e. The number of carbonyl (C=O) groups is 3. The van der Waals surface area contributed by atoms with Gasteiger partial charge in [0, 0.05) is 17.4 Å². The number of carboxylic acids is 1. The third-order valence-electron chi connectivity index (χ3n) is 5.75. The maximum Gasteiger partial charge on any atom is 0.354 e. The fraction of sp³-hybridized carbons (Fsp3) is 0.476. The Morgan fingerprint density at radius 1 is 1.30 bits per heavy atom. The molecule has 1 aromatic carbocycles. The van der Waals surface area contributed by atoms with Crippen LogP contribution < -0.4 is 0 Å². The minimum atomic E-state index is -1.11. The molecule has 2 fully saturated rings. The lowest BCUT2D eigenvalue weighted by molar-refractivity contribution is -0.157. The van der Waals surface area contributed by atoms with Crippen molar-refractivity contribution in [3.63, 3.8) is 0 Å². The van der Waals surface area contributed by atoms with Gasteiger partial charge >= 0.3 is 5.97 Å². The minimum Gasteiger partial charge on any atom is -0.477 e. The number of aliphatic hydroxyl groups excluding tert-OH is 1. The second-order valence-corrected chi connectivity index (χ2v) is 10.4. The van der Waals surface area contributed by atoms with Crippen LogP contribution in [0, 0.1) is 5.92 Å². The molecule has 3 heterocycles. The Morgan fingerprint density at radius 2 is 2.03 bits per heavy atom. The summed E-state index contributed by atoms with van der Waals surface area (Å²) in [6.45, 7) is 3.63. The first-order chi connectivity index (χ1) is 14.4. The van der Waals surface area contributed by atoms with E-state index in [0.29, 0.717) is 29.3 Å².